The van der Waals surface area contributed by atoms with Crippen LogP contribution in [-0.2, 0) is 0 Å². The number of hydrogen-bond acceptors (Lipinski definition) is 3. The normalized spacial score (nSPS) is 10.5. The molecule has 0 spiro atoms. The molecular weight excluding hydrogens is 177 g/mol. The molecule has 1 aromatic heterocycles. The van der Waals surface area contributed by atoms with Crippen molar-refractivity contribution >= 4 is 21.6 Å². The van der Waals surface area contributed by atoms with E-state index in [9.17, 15) is 4.39 Å². The van der Waals surface area contributed by atoms with Crippen LogP contribution in [0.3, 0.4) is 0 Å². The molecule has 2 rings (SSSR count). The molecule has 0 aliphatic heterocycles. The van der Waals surface area contributed by atoms with Crippen molar-refractivity contribution in [1.82, 2.24) is 4.37 Å². The lowest BCUT2D eigenvalue weighted by Gasteiger charge is -1.98. The summed E-state index contributed by atoms with van der Waals surface area (Å²) in [5.41, 5.74) is 0. The Kier molecular flexibility index (Phi) is 1.69. The molecule has 0 saturated heterocycles. The molecule has 0 bridgehead atoms. The zero-order valence-corrected chi connectivity index (χ0v) is 7.19. The number of fused-ring (bicyclic) bond motifs is 1. The second-order valence-electron chi connectivity index (χ2n) is 2.35. The summed E-state index contributed by atoms with van der Waals surface area (Å²) in [6, 6.07) is 3.13. The van der Waals surface area contributed by atoms with Crippen LogP contribution in [0.1, 0.15) is 0 Å². The van der Waals surface area contributed by atoms with Crippen LogP contribution in [0.15, 0.2) is 18.3 Å². The van der Waals surface area contributed by atoms with Gasteiger partial charge in [-0.2, -0.15) is 4.37 Å². The largest absolute Gasteiger partial charge is 0.497 e. The highest BCUT2D eigenvalue weighted by Gasteiger charge is 2.05. The Balaban J connectivity index is 2.75. The SMILES string of the molecule is COc1cc(F)c2cnsc2c1. The Morgan fingerprint density at radius 3 is 3.08 bits per heavy atom. The van der Waals surface area contributed by atoms with Crippen molar-refractivity contribution in [2.75, 3.05) is 7.11 Å². The van der Waals surface area contributed by atoms with Gasteiger partial charge in [-0.15, -0.1) is 0 Å². The third kappa shape index (κ3) is 1.04. The van der Waals surface area contributed by atoms with Gasteiger partial charge in [-0.3, -0.25) is 0 Å². The predicted molar refractivity (Wildman–Crippen MR) is 46.1 cm³/mol. The first-order chi connectivity index (χ1) is 5.81. The molecule has 0 aliphatic carbocycles. The maximum atomic E-state index is 13.2. The summed E-state index contributed by atoms with van der Waals surface area (Å²) in [6.45, 7) is 0. The highest BCUT2D eigenvalue weighted by atomic mass is 32.1. The van der Waals surface area contributed by atoms with Gasteiger partial charge in [0.1, 0.15) is 11.6 Å². The lowest BCUT2D eigenvalue weighted by atomic mass is 10.2. The monoisotopic (exact) mass is 183 g/mol. The van der Waals surface area contributed by atoms with Crippen LogP contribution in [0.5, 0.6) is 5.75 Å². The Labute approximate surface area is 72.8 Å². The van der Waals surface area contributed by atoms with E-state index in [1.165, 1.54) is 30.9 Å². The molecule has 0 atom stereocenters. The Morgan fingerprint density at radius 2 is 2.33 bits per heavy atom. The number of ether oxygens (including phenoxy) is 1. The van der Waals surface area contributed by atoms with Gasteiger partial charge >= 0.3 is 0 Å². The van der Waals surface area contributed by atoms with E-state index >= 15 is 0 Å². The highest BCUT2D eigenvalue weighted by Crippen LogP contribution is 2.26. The maximum Gasteiger partial charge on any atom is 0.137 e. The topological polar surface area (TPSA) is 22.1 Å². The third-order valence-electron chi connectivity index (χ3n) is 1.63. The van der Waals surface area contributed by atoms with Crippen molar-refractivity contribution in [1.29, 1.82) is 0 Å². The quantitative estimate of drug-likeness (QED) is 0.677. The minimum atomic E-state index is -0.280. The van der Waals surface area contributed by atoms with Gasteiger partial charge in [0, 0.05) is 11.5 Å². The van der Waals surface area contributed by atoms with Crippen LogP contribution in [-0.4, -0.2) is 11.5 Å². The van der Waals surface area contributed by atoms with Crippen LogP contribution < -0.4 is 4.74 Å². The van der Waals surface area contributed by atoms with Gasteiger partial charge in [-0.1, -0.05) is 0 Å². The van der Waals surface area contributed by atoms with Gasteiger partial charge in [-0.05, 0) is 17.6 Å². The number of hydrogen-bond donors (Lipinski definition) is 0. The molecule has 12 heavy (non-hydrogen) atoms. The Morgan fingerprint density at radius 1 is 1.50 bits per heavy atom. The highest BCUT2D eigenvalue weighted by molar-refractivity contribution is 7.13. The second-order valence-corrected chi connectivity index (χ2v) is 3.18. The van der Waals surface area contributed by atoms with Crippen LogP contribution >= 0.6 is 11.5 Å². The molecule has 0 saturated carbocycles. The molecule has 2 aromatic rings. The molecule has 1 aromatic carbocycles. The van der Waals surface area contributed by atoms with E-state index in [2.05, 4.69) is 4.37 Å². The summed E-state index contributed by atoms with van der Waals surface area (Å²) in [7, 11) is 1.52. The van der Waals surface area contributed by atoms with Crippen molar-refractivity contribution in [2.45, 2.75) is 0 Å². The maximum absolute atomic E-state index is 13.2. The molecule has 0 amide bonds. The van der Waals surface area contributed by atoms with Crippen LogP contribution in [0.4, 0.5) is 4.39 Å². The van der Waals surface area contributed by atoms with Crippen LogP contribution in [0, 0.1) is 5.82 Å². The molecule has 0 aliphatic rings. The number of aromatic nitrogens is 1. The van der Waals surface area contributed by atoms with Gasteiger partial charge in [0.2, 0.25) is 0 Å². The van der Waals surface area contributed by atoms with Gasteiger partial charge in [0.25, 0.3) is 0 Å². The fourth-order valence-corrected chi connectivity index (χ4v) is 1.71. The number of halogens is 1. The van der Waals surface area contributed by atoms with E-state index in [0.717, 1.165) is 4.70 Å². The van der Waals surface area contributed by atoms with Crippen molar-refractivity contribution in [2.24, 2.45) is 0 Å². The molecule has 0 N–H and O–H groups in total. The minimum Gasteiger partial charge on any atom is -0.497 e. The Hall–Kier alpha value is -1.16. The summed E-state index contributed by atoms with van der Waals surface area (Å²) in [5, 5.41) is 0.556. The first-order valence-corrected chi connectivity index (χ1v) is 4.16. The molecule has 2 nitrogen and oxygen atoms in total. The lowest BCUT2D eigenvalue weighted by Crippen LogP contribution is -1.83. The van der Waals surface area contributed by atoms with E-state index < -0.39 is 0 Å². The summed E-state index contributed by atoms with van der Waals surface area (Å²) in [4.78, 5) is 0. The Bertz CT molecular complexity index is 412. The molecule has 62 valence electrons. The van der Waals surface area contributed by atoms with Crippen molar-refractivity contribution < 1.29 is 9.13 Å². The van der Waals surface area contributed by atoms with Gasteiger partial charge in [-0.25, -0.2) is 4.39 Å². The average molecular weight is 183 g/mol. The number of benzene rings is 1. The minimum absolute atomic E-state index is 0.280. The van der Waals surface area contributed by atoms with E-state index in [1.807, 2.05) is 0 Å². The van der Waals surface area contributed by atoms with E-state index in [1.54, 1.807) is 6.07 Å². The van der Waals surface area contributed by atoms with E-state index in [4.69, 9.17) is 4.74 Å². The predicted octanol–water partition coefficient (Wildman–Crippen LogP) is 2.44. The second kappa shape index (κ2) is 2.71. The first-order valence-electron chi connectivity index (χ1n) is 3.39. The zero-order valence-electron chi connectivity index (χ0n) is 6.37. The average Bonchev–Trinajstić information content (AvgIpc) is 2.52. The molecule has 0 radical (unpaired) electrons. The summed E-state index contributed by atoms with van der Waals surface area (Å²) >= 11 is 1.26. The van der Waals surface area contributed by atoms with Crippen molar-refractivity contribution in [3.05, 3.63) is 24.1 Å². The van der Waals surface area contributed by atoms with Crippen molar-refractivity contribution in [3.63, 3.8) is 0 Å². The first kappa shape index (κ1) is 7.49. The standard InChI is InChI=1S/C8H6FNOS/c1-11-5-2-7(9)6-4-10-12-8(6)3-5/h2-4H,1H3. The summed E-state index contributed by atoms with van der Waals surface area (Å²) < 4.78 is 22.8. The molecule has 0 fully saturated rings. The van der Waals surface area contributed by atoms with E-state index in [-0.39, 0.29) is 5.82 Å². The summed E-state index contributed by atoms with van der Waals surface area (Å²) in [5.74, 6) is 0.252. The molecular formula is C8H6FNOS. The van der Waals surface area contributed by atoms with Crippen molar-refractivity contribution in [3.8, 4) is 5.75 Å². The molecule has 1 heterocycles. The fraction of sp³-hybridized carbons (Fsp3) is 0.125. The van der Waals surface area contributed by atoms with Gasteiger partial charge < -0.3 is 4.74 Å². The van der Waals surface area contributed by atoms with Gasteiger partial charge in [0.05, 0.1) is 18.0 Å². The smallest absolute Gasteiger partial charge is 0.137 e. The van der Waals surface area contributed by atoms with Gasteiger partial charge in [0.15, 0.2) is 0 Å². The third-order valence-corrected chi connectivity index (χ3v) is 2.38. The number of nitrogens with zero attached hydrogens (tertiary/aromatic N) is 1. The van der Waals surface area contributed by atoms with Crippen LogP contribution in [0.25, 0.3) is 10.1 Å². The van der Waals surface area contributed by atoms with E-state index in [0.29, 0.717) is 11.1 Å². The molecule has 0 unspecified atom stereocenters. The lowest BCUT2D eigenvalue weighted by molar-refractivity contribution is 0.412. The van der Waals surface area contributed by atoms with Crippen LogP contribution in [0.2, 0.25) is 0 Å². The number of methoxy groups -OCH3 is 1. The molecule has 4 heteroatoms. The fourth-order valence-electron chi connectivity index (χ4n) is 1.02. The zero-order chi connectivity index (χ0) is 8.55. The number of rotatable bonds is 1. The summed E-state index contributed by atoms with van der Waals surface area (Å²) in [6.07, 6.45) is 1.52.